The highest BCUT2D eigenvalue weighted by Gasteiger charge is 2.50. The second kappa shape index (κ2) is 11.5. The molecule has 6 rings (SSSR count). The molecule has 2 atom stereocenters. The minimum absolute atomic E-state index is 0.0323. The highest BCUT2D eigenvalue weighted by molar-refractivity contribution is 7.22. The Labute approximate surface area is 266 Å². The van der Waals surface area contributed by atoms with E-state index in [0.717, 1.165) is 34.7 Å². The molecule has 5 heteroatoms. The number of fused-ring (bicyclic) bond motifs is 6. The predicted molar refractivity (Wildman–Crippen MR) is 185 cm³/mol. The third-order valence-corrected chi connectivity index (χ3v) is 10.7. The fourth-order valence-electron chi connectivity index (χ4n) is 7.22. The van der Waals surface area contributed by atoms with Gasteiger partial charge in [0.15, 0.2) is 5.69 Å². The van der Waals surface area contributed by atoms with Crippen LogP contribution in [-0.2, 0) is 22.1 Å². The standard InChI is InChI=1S/C39H45N2O2S/c1-24(2)17-26-13-14-27-19-36(44-35(27)18-26)33-21-34-30-20-32(38(4,5)6)28-11-9-10-12-29(28)37(30)31(15-16-43-8)39(7,25(3)22-42)41(34)23-40-33/h9-14,18-21,23-24,31,42H,3,15-17,22H2,1-2,4-8H3/q+1. The minimum atomic E-state index is -0.598. The van der Waals surface area contributed by atoms with Crippen LogP contribution in [0.25, 0.3) is 42.7 Å². The van der Waals surface area contributed by atoms with E-state index in [1.807, 2.05) is 17.7 Å². The zero-order valence-corrected chi connectivity index (χ0v) is 28.0. The molecule has 2 unspecified atom stereocenters. The number of hydrogen-bond donors (Lipinski definition) is 1. The van der Waals surface area contributed by atoms with Crippen molar-refractivity contribution in [1.29, 1.82) is 0 Å². The number of rotatable bonds is 8. The molecule has 3 aromatic carbocycles. The van der Waals surface area contributed by atoms with E-state index in [2.05, 4.69) is 113 Å². The van der Waals surface area contributed by atoms with Crippen LogP contribution in [0.3, 0.4) is 0 Å². The van der Waals surface area contributed by atoms with E-state index >= 15 is 0 Å². The topological polar surface area (TPSA) is 46.2 Å². The third kappa shape index (κ3) is 5.09. The van der Waals surface area contributed by atoms with Gasteiger partial charge in [-0.1, -0.05) is 77.6 Å². The van der Waals surface area contributed by atoms with Crippen molar-refractivity contribution in [2.24, 2.45) is 5.92 Å². The van der Waals surface area contributed by atoms with Crippen LogP contribution in [0.1, 0.15) is 70.6 Å². The van der Waals surface area contributed by atoms with Gasteiger partial charge in [0, 0.05) is 36.0 Å². The summed E-state index contributed by atoms with van der Waals surface area (Å²) in [6, 6.07) is 22.6. The lowest BCUT2D eigenvalue weighted by atomic mass is 9.67. The van der Waals surface area contributed by atoms with Crippen LogP contribution in [0.5, 0.6) is 0 Å². The molecule has 0 spiro atoms. The summed E-state index contributed by atoms with van der Waals surface area (Å²) in [5.41, 5.74) is 7.42. The van der Waals surface area contributed by atoms with Crippen LogP contribution in [0.15, 0.2) is 79.1 Å². The highest BCUT2D eigenvalue weighted by Crippen LogP contribution is 2.51. The maximum atomic E-state index is 10.6. The number of thiophene rings is 1. The second-order valence-corrected chi connectivity index (χ2v) is 15.1. The Balaban J connectivity index is 1.64. The molecule has 2 aromatic heterocycles. The number of aliphatic hydroxyl groups excluding tert-OH is 1. The Kier molecular flexibility index (Phi) is 8.02. The van der Waals surface area contributed by atoms with Gasteiger partial charge in [-0.3, -0.25) is 0 Å². The number of ether oxygens (including phenoxy) is 1. The molecule has 4 nitrogen and oxygen atoms in total. The normalized spacial score (nSPS) is 18.2. The van der Waals surface area contributed by atoms with Crippen molar-refractivity contribution in [3.8, 4) is 21.8 Å². The van der Waals surface area contributed by atoms with Gasteiger partial charge >= 0.3 is 0 Å². The average Bonchev–Trinajstić information content (AvgIpc) is 3.42. The van der Waals surface area contributed by atoms with E-state index in [9.17, 15) is 5.11 Å². The number of aromatic nitrogens is 2. The smallest absolute Gasteiger partial charge is 0.288 e. The van der Waals surface area contributed by atoms with Crippen LogP contribution in [0.4, 0.5) is 0 Å². The summed E-state index contributed by atoms with van der Waals surface area (Å²) in [7, 11) is 1.76. The van der Waals surface area contributed by atoms with Crippen LogP contribution >= 0.6 is 11.3 Å². The van der Waals surface area contributed by atoms with Crippen molar-refractivity contribution in [2.75, 3.05) is 20.3 Å². The molecule has 1 aliphatic rings. The summed E-state index contributed by atoms with van der Waals surface area (Å²) in [6.07, 6.45) is 3.85. The monoisotopic (exact) mass is 605 g/mol. The van der Waals surface area contributed by atoms with Gasteiger partial charge in [0.2, 0.25) is 0 Å². The molecule has 0 saturated carbocycles. The molecule has 0 fully saturated rings. The first-order valence-corrected chi connectivity index (χ1v) is 16.6. The fourth-order valence-corrected chi connectivity index (χ4v) is 8.32. The SMILES string of the molecule is C=C(CO)C1(C)C(CCOC)c2c(cc(C(C)(C)C)c3ccccc23)-c2cc(-c3cc4ccc(CC(C)C)cc4s3)nc[n+]21. The first-order chi connectivity index (χ1) is 21.0. The summed E-state index contributed by atoms with van der Waals surface area (Å²) in [4.78, 5) is 6.24. The molecule has 5 aromatic rings. The number of methoxy groups -OCH3 is 1. The fraction of sp³-hybridized carbons (Fsp3) is 0.385. The molecule has 0 aliphatic carbocycles. The number of aliphatic hydroxyl groups is 1. The first-order valence-electron chi connectivity index (χ1n) is 15.8. The number of nitrogens with zero attached hydrogens (tertiary/aromatic N) is 2. The molecule has 1 N–H and O–H groups in total. The van der Waals surface area contributed by atoms with Gasteiger partial charge in [-0.2, -0.15) is 0 Å². The van der Waals surface area contributed by atoms with E-state index in [4.69, 9.17) is 9.72 Å². The molecule has 228 valence electrons. The van der Waals surface area contributed by atoms with Crippen molar-refractivity contribution in [1.82, 2.24) is 4.98 Å². The Morgan fingerprint density at radius 3 is 2.52 bits per heavy atom. The molecule has 0 amide bonds. The van der Waals surface area contributed by atoms with Crippen molar-refractivity contribution < 1.29 is 14.4 Å². The zero-order valence-electron chi connectivity index (χ0n) is 27.2. The predicted octanol–water partition coefficient (Wildman–Crippen LogP) is 8.96. The molecule has 0 saturated heterocycles. The van der Waals surface area contributed by atoms with Gasteiger partial charge < -0.3 is 9.84 Å². The van der Waals surface area contributed by atoms with Crippen LogP contribution in [-0.4, -0.2) is 30.4 Å². The van der Waals surface area contributed by atoms with Gasteiger partial charge in [-0.25, -0.2) is 4.57 Å². The third-order valence-electron chi connectivity index (χ3n) is 9.54. The summed E-state index contributed by atoms with van der Waals surface area (Å²) in [6.45, 7) is 18.6. The van der Waals surface area contributed by atoms with Gasteiger partial charge in [-0.05, 0) is 92.7 Å². The molecule has 0 radical (unpaired) electrons. The maximum absolute atomic E-state index is 10.6. The summed E-state index contributed by atoms with van der Waals surface area (Å²) >= 11 is 1.81. The number of benzene rings is 3. The molecule has 0 bridgehead atoms. The van der Waals surface area contributed by atoms with Gasteiger partial charge in [0.25, 0.3) is 6.33 Å². The molecular formula is C39H45N2O2S+. The van der Waals surface area contributed by atoms with E-state index in [1.54, 1.807) is 7.11 Å². The van der Waals surface area contributed by atoms with Crippen molar-refractivity contribution >= 4 is 32.2 Å². The second-order valence-electron chi connectivity index (χ2n) is 14.0. The summed E-state index contributed by atoms with van der Waals surface area (Å²) in [5, 5.41) is 14.4. The summed E-state index contributed by atoms with van der Waals surface area (Å²) < 4.78 is 9.23. The molecule has 3 heterocycles. The zero-order chi connectivity index (χ0) is 31.4. The Hall–Kier alpha value is -3.38. The number of hydrogen-bond acceptors (Lipinski definition) is 4. The Morgan fingerprint density at radius 1 is 1.09 bits per heavy atom. The van der Waals surface area contributed by atoms with E-state index in [0.29, 0.717) is 12.5 Å². The lowest BCUT2D eigenvalue weighted by Crippen LogP contribution is -2.62. The maximum Gasteiger partial charge on any atom is 0.288 e. The van der Waals surface area contributed by atoms with Crippen molar-refractivity contribution in [3.63, 3.8) is 0 Å². The lowest BCUT2D eigenvalue weighted by Gasteiger charge is -2.43. The average molecular weight is 606 g/mol. The Bertz CT molecular complexity index is 1880. The first kappa shape index (κ1) is 30.6. The van der Waals surface area contributed by atoms with Crippen LogP contribution in [0.2, 0.25) is 0 Å². The largest absolute Gasteiger partial charge is 0.392 e. The summed E-state index contributed by atoms with van der Waals surface area (Å²) in [5.74, 6) is 0.654. The van der Waals surface area contributed by atoms with E-state index in [-0.39, 0.29) is 17.9 Å². The van der Waals surface area contributed by atoms with E-state index in [1.165, 1.54) is 43.1 Å². The molecular weight excluding hydrogens is 561 g/mol. The van der Waals surface area contributed by atoms with Crippen LogP contribution < -0.4 is 4.57 Å². The van der Waals surface area contributed by atoms with Gasteiger partial charge in [0.1, 0.15) is 11.2 Å². The van der Waals surface area contributed by atoms with Crippen molar-refractivity contribution in [3.05, 3.63) is 95.8 Å². The van der Waals surface area contributed by atoms with Gasteiger partial charge in [0.05, 0.1) is 11.5 Å². The van der Waals surface area contributed by atoms with Crippen molar-refractivity contribution in [2.45, 2.75) is 71.3 Å². The Morgan fingerprint density at radius 2 is 1.84 bits per heavy atom. The molecule has 44 heavy (non-hydrogen) atoms. The van der Waals surface area contributed by atoms with Gasteiger partial charge in [-0.15, -0.1) is 11.3 Å². The van der Waals surface area contributed by atoms with E-state index < -0.39 is 5.54 Å². The van der Waals surface area contributed by atoms with Crippen LogP contribution in [0, 0.1) is 5.92 Å². The highest BCUT2D eigenvalue weighted by atomic mass is 32.1. The lowest BCUT2D eigenvalue weighted by molar-refractivity contribution is -0.750. The molecule has 1 aliphatic heterocycles. The minimum Gasteiger partial charge on any atom is -0.392 e. The quantitative estimate of drug-likeness (QED) is 0.142.